The minimum atomic E-state index is -0.483. The molecule has 0 saturated heterocycles. The third-order valence-corrected chi connectivity index (χ3v) is 4.88. The SMILES string of the molecule is Cc1ccc(Cn2nc(C)c(C(=O)Nc3cccc([N+](=O)[O-])c3C)c2Cl)cc1. The lowest BCUT2D eigenvalue weighted by Crippen LogP contribution is -2.14. The van der Waals surface area contributed by atoms with Crippen molar-refractivity contribution in [3.63, 3.8) is 0 Å². The lowest BCUT2D eigenvalue weighted by Gasteiger charge is -2.09. The van der Waals surface area contributed by atoms with E-state index in [4.69, 9.17) is 11.6 Å². The van der Waals surface area contributed by atoms with Crippen molar-refractivity contribution >= 4 is 28.9 Å². The van der Waals surface area contributed by atoms with Crippen molar-refractivity contribution in [1.82, 2.24) is 9.78 Å². The van der Waals surface area contributed by atoms with E-state index in [0.717, 1.165) is 11.1 Å². The third kappa shape index (κ3) is 3.89. The Hall–Kier alpha value is -3.19. The Kier molecular flexibility index (Phi) is 5.46. The molecule has 1 heterocycles. The van der Waals surface area contributed by atoms with Crippen molar-refractivity contribution in [2.24, 2.45) is 0 Å². The summed E-state index contributed by atoms with van der Waals surface area (Å²) in [7, 11) is 0. The van der Waals surface area contributed by atoms with Crippen molar-refractivity contribution in [2.75, 3.05) is 5.32 Å². The Morgan fingerprint density at radius 3 is 2.50 bits per heavy atom. The van der Waals surface area contributed by atoms with Gasteiger partial charge in [-0.2, -0.15) is 5.10 Å². The molecular formula is C20H19ClN4O3. The van der Waals surface area contributed by atoms with Crippen molar-refractivity contribution in [1.29, 1.82) is 0 Å². The highest BCUT2D eigenvalue weighted by Crippen LogP contribution is 2.27. The third-order valence-electron chi connectivity index (χ3n) is 4.50. The van der Waals surface area contributed by atoms with Gasteiger partial charge in [-0.25, -0.2) is 4.68 Å². The van der Waals surface area contributed by atoms with Crippen molar-refractivity contribution < 1.29 is 9.72 Å². The predicted octanol–water partition coefficient (Wildman–Crippen LogP) is 4.67. The van der Waals surface area contributed by atoms with Gasteiger partial charge in [0.25, 0.3) is 11.6 Å². The van der Waals surface area contributed by atoms with Gasteiger partial charge in [0.2, 0.25) is 0 Å². The van der Waals surface area contributed by atoms with Crippen LogP contribution in [0.1, 0.15) is 32.7 Å². The number of nitrogens with zero attached hydrogens (tertiary/aromatic N) is 3. The van der Waals surface area contributed by atoms with Crippen LogP contribution in [0.15, 0.2) is 42.5 Å². The highest BCUT2D eigenvalue weighted by molar-refractivity contribution is 6.33. The van der Waals surface area contributed by atoms with Gasteiger partial charge in [0.05, 0.1) is 34.0 Å². The Bertz CT molecular complexity index is 1060. The van der Waals surface area contributed by atoms with E-state index >= 15 is 0 Å². The molecule has 144 valence electrons. The highest BCUT2D eigenvalue weighted by atomic mass is 35.5. The van der Waals surface area contributed by atoms with E-state index in [1.165, 1.54) is 12.1 Å². The van der Waals surface area contributed by atoms with Crippen LogP contribution in [0.3, 0.4) is 0 Å². The summed E-state index contributed by atoms with van der Waals surface area (Å²) in [5, 5.41) is 18.4. The standard InChI is InChI=1S/C20H19ClN4O3/c1-12-7-9-15(10-8-12)11-24-19(21)18(14(3)23-24)20(26)22-16-5-4-6-17(13(16)2)25(27)28/h4-10H,11H2,1-3H3,(H,22,26). The first-order valence-corrected chi connectivity index (χ1v) is 8.99. The second-order valence-electron chi connectivity index (χ2n) is 6.56. The number of aryl methyl sites for hydroxylation is 2. The monoisotopic (exact) mass is 398 g/mol. The molecule has 0 radical (unpaired) electrons. The summed E-state index contributed by atoms with van der Waals surface area (Å²) in [6.45, 7) is 5.73. The second-order valence-corrected chi connectivity index (χ2v) is 6.91. The summed E-state index contributed by atoms with van der Waals surface area (Å²) in [4.78, 5) is 23.4. The second kappa shape index (κ2) is 7.82. The Labute approximate surface area is 167 Å². The molecule has 1 amide bonds. The number of amides is 1. The predicted molar refractivity (Wildman–Crippen MR) is 108 cm³/mol. The molecule has 0 aliphatic heterocycles. The van der Waals surface area contributed by atoms with Crippen LogP contribution in [0.2, 0.25) is 5.15 Å². The lowest BCUT2D eigenvalue weighted by atomic mass is 10.1. The van der Waals surface area contributed by atoms with Crippen molar-refractivity contribution in [2.45, 2.75) is 27.3 Å². The molecule has 0 saturated carbocycles. The van der Waals surface area contributed by atoms with Gasteiger partial charge in [-0.3, -0.25) is 14.9 Å². The van der Waals surface area contributed by atoms with Gasteiger partial charge in [0.1, 0.15) is 5.15 Å². The van der Waals surface area contributed by atoms with Crippen LogP contribution in [0, 0.1) is 30.9 Å². The number of rotatable bonds is 5. The molecule has 7 nitrogen and oxygen atoms in total. The van der Waals surface area contributed by atoms with Crippen molar-refractivity contribution in [3.8, 4) is 0 Å². The fourth-order valence-corrected chi connectivity index (χ4v) is 3.24. The van der Waals surface area contributed by atoms with E-state index < -0.39 is 10.8 Å². The number of carbonyl (C=O) groups is 1. The maximum absolute atomic E-state index is 12.8. The zero-order valence-electron chi connectivity index (χ0n) is 15.7. The van der Waals surface area contributed by atoms with E-state index in [-0.39, 0.29) is 16.4 Å². The number of carbonyl (C=O) groups excluding carboxylic acids is 1. The molecule has 2 aromatic carbocycles. The number of nitro groups is 1. The average molecular weight is 399 g/mol. The van der Waals surface area contributed by atoms with Crippen LogP contribution in [-0.4, -0.2) is 20.6 Å². The molecule has 0 atom stereocenters. The zero-order valence-corrected chi connectivity index (χ0v) is 16.4. The molecule has 3 aromatic rings. The number of hydrogen-bond acceptors (Lipinski definition) is 4. The van der Waals surface area contributed by atoms with Gasteiger partial charge >= 0.3 is 0 Å². The molecule has 3 rings (SSSR count). The van der Waals surface area contributed by atoms with Gasteiger partial charge in [0.15, 0.2) is 0 Å². The average Bonchev–Trinajstić information content (AvgIpc) is 2.92. The number of benzene rings is 2. The summed E-state index contributed by atoms with van der Waals surface area (Å²) in [6, 6.07) is 12.5. The minimum absolute atomic E-state index is 0.0596. The fourth-order valence-electron chi connectivity index (χ4n) is 2.92. The van der Waals surface area contributed by atoms with Crippen LogP contribution in [0.25, 0.3) is 0 Å². The maximum atomic E-state index is 12.8. The first-order valence-electron chi connectivity index (χ1n) is 8.61. The van der Waals surface area contributed by atoms with E-state index in [0.29, 0.717) is 23.5 Å². The Morgan fingerprint density at radius 2 is 1.86 bits per heavy atom. The first kappa shape index (κ1) is 19.6. The largest absolute Gasteiger partial charge is 0.321 e. The van der Waals surface area contributed by atoms with E-state index in [2.05, 4.69) is 10.4 Å². The first-order chi connectivity index (χ1) is 13.3. The molecule has 0 bridgehead atoms. The quantitative estimate of drug-likeness (QED) is 0.499. The van der Waals surface area contributed by atoms with E-state index in [1.54, 1.807) is 24.6 Å². The number of nitrogens with one attached hydrogen (secondary N) is 1. The Balaban J connectivity index is 1.87. The van der Waals surface area contributed by atoms with Crippen LogP contribution < -0.4 is 5.32 Å². The topological polar surface area (TPSA) is 90.1 Å². The minimum Gasteiger partial charge on any atom is -0.321 e. The maximum Gasteiger partial charge on any atom is 0.274 e. The summed E-state index contributed by atoms with van der Waals surface area (Å²) < 4.78 is 1.57. The molecule has 0 aliphatic rings. The molecule has 0 fully saturated rings. The summed E-state index contributed by atoms with van der Waals surface area (Å²) >= 11 is 6.42. The molecule has 1 aromatic heterocycles. The zero-order chi connectivity index (χ0) is 20.4. The number of hydrogen-bond donors (Lipinski definition) is 1. The normalized spacial score (nSPS) is 10.7. The molecule has 0 aliphatic carbocycles. The van der Waals surface area contributed by atoms with Crippen LogP contribution in [-0.2, 0) is 6.54 Å². The Morgan fingerprint density at radius 1 is 1.18 bits per heavy atom. The van der Waals surface area contributed by atoms with E-state index in [9.17, 15) is 14.9 Å². The van der Waals surface area contributed by atoms with Crippen molar-refractivity contribution in [3.05, 3.63) is 85.7 Å². The number of anilines is 1. The molecular weight excluding hydrogens is 380 g/mol. The van der Waals surface area contributed by atoms with Gasteiger partial charge < -0.3 is 5.32 Å². The molecule has 28 heavy (non-hydrogen) atoms. The van der Waals surface area contributed by atoms with Crippen LogP contribution >= 0.6 is 11.6 Å². The fraction of sp³-hybridized carbons (Fsp3) is 0.200. The summed E-state index contributed by atoms with van der Waals surface area (Å²) in [6.07, 6.45) is 0. The number of nitro benzene ring substituents is 1. The number of halogens is 1. The van der Waals surface area contributed by atoms with Gasteiger partial charge in [-0.05, 0) is 32.4 Å². The highest BCUT2D eigenvalue weighted by Gasteiger charge is 2.22. The van der Waals surface area contributed by atoms with Gasteiger partial charge in [-0.15, -0.1) is 0 Å². The molecule has 8 heteroatoms. The van der Waals surface area contributed by atoms with Crippen LogP contribution in [0.5, 0.6) is 0 Å². The van der Waals surface area contributed by atoms with Crippen LogP contribution in [0.4, 0.5) is 11.4 Å². The smallest absolute Gasteiger partial charge is 0.274 e. The van der Waals surface area contributed by atoms with E-state index in [1.807, 2.05) is 31.2 Å². The van der Waals surface area contributed by atoms with Gasteiger partial charge in [-0.1, -0.05) is 47.5 Å². The lowest BCUT2D eigenvalue weighted by molar-refractivity contribution is -0.385. The summed E-state index contributed by atoms with van der Waals surface area (Å²) in [5.41, 5.74) is 3.58. The van der Waals surface area contributed by atoms with Gasteiger partial charge in [0, 0.05) is 6.07 Å². The number of aromatic nitrogens is 2. The molecule has 0 spiro atoms. The molecule has 0 unspecified atom stereocenters. The summed E-state index contributed by atoms with van der Waals surface area (Å²) in [5.74, 6) is -0.457. The molecule has 1 N–H and O–H groups in total.